The molecule has 194 valence electrons. The molecule has 0 aliphatic carbocycles. The minimum atomic E-state index is -1.15. The molecular formula is C21H31Cl2N7O5. The van der Waals surface area contributed by atoms with E-state index in [4.69, 9.17) is 43.5 Å². The molecule has 0 unspecified atom stereocenters. The molecular weight excluding hydrogens is 501 g/mol. The second kappa shape index (κ2) is 14.1. The highest BCUT2D eigenvalue weighted by atomic mass is 35.5. The molecule has 14 heteroatoms. The zero-order chi connectivity index (χ0) is 25.8. The number of amides is 2. The number of rotatable bonds is 14. The van der Waals surface area contributed by atoms with Crippen LogP contribution in [0.5, 0.6) is 0 Å². The summed E-state index contributed by atoms with van der Waals surface area (Å²) >= 11 is 12.3. The Hall–Kier alpha value is -2.51. The van der Waals surface area contributed by atoms with Gasteiger partial charge in [-0.25, -0.2) is 9.48 Å². The number of hydrogen-bond acceptors (Lipinski definition) is 9. The Balaban J connectivity index is 2.01. The summed E-state index contributed by atoms with van der Waals surface area (Å²) in [7, 11) is 0. The number of hydrogen-bond donors (Lipinski definition) is 4. The predicted molar refractivity (Wildman–Crippen MR) is 129 cm³/mol. The third-order valence-corrected chi connectivity index (χ3v) is 5.58. The normalized spacial score (nSPS) is 12.3. The molecule has 5 N–H and O–H groups in total. The number of halogens is 2. The smallest absolute Gasteiger partial charge is 0.407 e. The van der Waals surface area contributed by atoms with Gasteiger partial charge in [-0.1, -0.05) is 35.3 Å². The first-order valence-electron chi connectivity index (χ1n) is 11.0. The summed E-state index contributed by atoms with van der Waals surface area (Å²) in [4.78, 5) is 24.3. The van der Waals surface area contributed by atoms with Gasteiger partial charge in [-0.3, -0.25) is 4.79 Å². The lowest BCUT2D eigenvalue weighted by atomic mass is 10.1. The summed E-state index contributed by atoms with van der Waals surface area (Å²) in [6.45, 7) is 3.89. The van der Waals surface area contributed by atoms with Gasteiger partial charge in [0, 0.05) is 13.2 Å². The first kappa shape index (κ1) is 28.7. The van der Waals surface area contributed by atoms with Crippen LogP contribution >= 0.6 is 23.2 Å². The molecule has 0 aliphatic rings. The maximum absolute atomic E-state index is 12.6. The van der Waals surface area contributed by atoms with Crippen LogP contribution in [-0.4, -0.2) is 69.2 Å². The van der Waals surface area contributed by atoms with E-state index in [1.807, 2.05) is 0 Å². The SMILES string of the molecule is CC(C)(N)C(=O)N[C@H](COCc1cccc(Cl)c1Cl)c1nnnn1CCOC(=O)NCCCCO. The molecule has 1 aromatic heterocycles. The van der Waals surface area contributed by atoms with Crippen molar-refractivity contribution < 1.29 is 24.2 Å². The summed E-state index contributed by atoms with van der Waals surface area (Å²) in [6, 6.07) is 4.46. The lowest BCUT2D eigenvalue weighted by molar-refractivity contribution is -0.126. The van der Waals surface area contributed by atoms with Gasteiger partial charge < -0.3 is 30.9 Å². The number of carbonyl (C=O) groups excluding carboxylic acids is 2. The van der Waals surface area contributed by atoms with E-state index >= 15 is 0 Å². The summed E-state index contributed by atoms with van der Waals surface area (Å²) in [5.41, 5.74) is 5.46. The predicted octanol–water partition coefficient (Wildman–Crippen LogP) is 1.59. The molecule has 0 saturated heterocycles. The average Bonchev–Trinajstić information content (AvgIpc) is 3.26. The molecule has 12 nitrogen and oxygen atoms in total. The fraction of sp³-hybridized carbons (Fsp3) is 0.571. The van der Waals surface area contributed by atoms with Gasteiger partial charge in [-0.2, -0.15) is 0 Å². The Bertz CT molecular complexity index is 968. The molecule has 0 aliphatic heterocycles. The molecule has 1 aromatic carbocycles. The van der Waals surface area contributed by atoms with Crippen molar-refractivity contribution in [2.45, 2.75) is 51.4 Å². The van der Waals surface area contributed by atoms with Gasteiger partial charge >= 0.3 is 6.09 Å². The number of tetrazole rings is 1. The van der Waals surface area contributed by atoms with Crippen LogP contribution in [0.4, 0.5) is 4.79 Å². The Kier molecular flexibility index (Phi) is 11.6. The number of nitrogens with one attached hydrogen (secondary N) is 2. The Morgan fingerprint density at radius 3 is 2.77 bits per heavy atom. The van der Waals surface area contributed by atoms with Gasteiger partial charge in [0.1, 0.15) is 12.6 Å². The largest absolute Gasteiger partial charge is 0.448 e. The van der Waals surface area contributed by atoms with Gasteiger partial charge in [-0.05, 0) is 48.7 Å². The molecule has 2 amide bonds. The van der Waals surface area contributed by atoms with E-state index < -0.39 is 23.6 Å². The molecule has 2 aromatic rings. The van der Waals surface area contributed by atoms with Crippen molar-refractivity contribution in [3.8, 4) is 0 Å². The standard InChI is InChI=1S/C21H31Cl2N7O5/c1-21(2,24)19(32)26-16(13-34-12-14-6-5-7-15(22)17(14)23)18-27-28-29-30(18)9-11-35-20(33)25-8-3-4-10-31/h5-7,16,31H,3-4,8-13,24H2,1-2H3,(H,25,33)(H,26,32)/t16-/m1/s1. The van der Waals surface area contributed by atoms with Crippen LogP contribution in [0.2, 0.25) is 10.0 Å². The lowest BCUT2D eigenvalue weighted by Crippen LogP contribution is -2.51. The van der Waals surface area contributed by atoms with E-state index in [0.29, 0.717) is 40.8 Å². The maximum atomic E-state index is 12.6. The number of aromatic nitrogens is 4. The minimum Gasteiger partial charge on any atom is -0.448 e. The molecule has 0 bridgehead atoms. The topological polar surface area (TPSA) is 167 Å². The second-order valence-corrected chi connectivity index (χ2v) is 9.01. The number of ether oxygens (including phenoxy) is 2. The zero-order valence-corrected chi connectivity index (χ0v) is 21.2. The molecule has 0 saturated carbocycles. The highest BCUT2D eigenvalue weighted by Crippen LogP contribution is 2.26. The highest BCUT2D eigenvalue weighted by molar-refractivity contribution is 6.42. The van der Waals surface area contributed by atoms with E-state index in [1.54, 1.807) is 32.0 Å². The van der Waals surface area contributed by atoms with Crippen molar-refractivity contribution in [1.82, 2.24) is 30.8 Å². The van der Waals surface area contributed by atoms with Crippen LogP contribution in [-0.2, 0) is 27.4 Å². The number of aliphatic hydroxyl groups is 1. The van der Waals surface area contributed by atoms with E-state index in [-0.39, 0.29) is 33.0 Å². The average molecular weight is 532 g/mol. The highest BCUT2D eigenvalue weighted by Gasteiger charge is 2.28. The van der Waals surface area contributed by atoms with E-state index in [2.05, 4.69) is 26.2 Å². The monoisotopic (exact) mass is 531 g/mol. The van der Waals surface area contributed by atoms with Crippen LogP contribution in [0.1, 0.15) is 44.1 Å². The van der Waals surface area contributed by atoms with Crippen LogP contribution < -0.4 is 16.4 Å². The summed E-state index contributed by atoms with van der Waals surface area (Å²) in [5, 5.41) is 26.6. The first-order chi connectivity index (χ1) is 16.6. The zero-order valence-electron chi connectivity index (χ0n) is 19.7. The van der Waals surface area contributed by atoms with Gasteiger partial charge in [0.05, 0.1) is 35.3 Å². The molecule has 2 rings (SSSR count). The van der Waals surface area contributed by atoms with Crippen LogP contribution in [0.15, 0.2) is 18.2 Å². The van der Waals surface area contributed by atoms with Crippen molar-refractivity contribution in [3.05, 3.63) is 39.6 Å². The fourth-order valence-corrected chi connectivity index (χ4v) is 3.17. The minimum absolute atomic E-state index is 0.00803. The van der Waals surface area contributed by atoms with Crippen molar-refractivity contribution in [2.75, 3.05) is 26.4 Å². The third kappa shape index (κ3) is 9.57. The van der Waals surface area contributed by atoms with Gasteiger partial charge in [0.15, 0.2) is 5.82 Å². The van der Waals surface area contributed by atoms with Crippen molar-refractivity contribution in [2.24, 2.45) is 5.73 Å². The number of aliphatic hydroxyl groups excluding tert-OH is 1. The molecule has 1 heterocycles. The van der Waals surface area contributed by atoms with Gasteiger partial charge in [0.25, 0.3) is 0 Å². The fourth-order valence-electron chi connectivity index (χ4n) is 2.80. The number of nitrogens with two attached hydrogens (primary N) is 1. The van der Waals surface area contributed by atoms with E-state index in [1.165, 1.54) is 4.68 Å². The van der Waals surface area contributed by atoms with Crippen LogP contribution in [0, 0.1) is 0 Å². The lowest BCUT2D eigenvalue weighted by Gasteiger charge is -2.24. The quantitative estimate of drug-likeness (QED) is 0.264. The summed E-state index contributed by atoms with van der Waals surface area (Å²) < 4.78 is 12.3. The number of unbranched alkanes of at least 4 members (excludes halogenated alkanes) is 1. The number of carbonyl (C=O) groups is 2. The summed E-state index contributed by atoms with van der Waals surface area (Å²) in [6.07, 6.45) is 0.642. The van der Waals surface area contributed by atoms with Crippen molar-refractivity contribution in [3.63, 3.8) is 0 Å². The molecule has 0 spiro atoms. The molecule has 0 radical (unpaired) electrons. The molecule has 1 atom stereocenters. The van der Waals surface area contributed by atoms with Gasteiger partial charge in [-0.15, -0.1) is 5.10 Å². The molecule has 35 heavy (non-hydrogen) atoms. The van der Waals surface area contributed by atoms with Crippen molar-refractivity contribution in [1.29, 1.82) is 0 Å². The first-order valence-corrected chi connectivity index (χ1v) is 11.8. The van der Waals surface area contributed by atoms with Gasteiger partial charge in [0.2, 0.25) is 5.91 Å². The number of benzene rings is 1. The number of alkyl carbamates (subject to hydrolysis) is 1. The van der Waals surface area contributed by atoms with Crippen molar-refractivity contribution >= 4 is 35.2 Å². The van der Waals surface area contributed by atoms with Crippen LogP contribution in [0.3, 0.4) is 0 Å². The second-order valence-electron chi connectivity index (χ2n) is 8.23. The Labute approximate surface area is 213 Å². The summed E-state index contributed by atoms with van der Waals surface area (Å²) in [5.74, 6) is -0.133. The van der Waals surface area contributed by atoms with E-state index in [9.17, 15) is 9.59 Å². The third-order valence-electron chi connectivity index (χ3n) is 4.73. The maximum Gasteiger partial charge on any atom is 0.407 e. The molecule has 0 fully saturated rings. The Morgan fingerprint density at radius 2 is 2.06 bits per heavy atom. The van der Waals surface area contributed by atoms with Crippen LogP contribution in [0.25, 0.3) is 0 Å². The Morgan fingerprint density at radius 1 is 1.29 bits per heavy atom. The van der Waals surface area contributed by atoms with E-state index in [0.717, 1.165) is 0 Å². The number of nitrogens with zero attached hydrogens (tertiary/aromatic N) is 4.